The van der Waals surface area contributed by atoms with Crippen LogP contribution in [0.25, 0.3) is 5.78 Å². The number of carbonyl (C=O) groups excluding carboxylic acids is 1. The highest BCUT2D eigenvalue weighted by atomic mass is 19.4. The summed E-state index contributed by atoms with van der Waals surface area (Å²) in [5.74, 6) is -0.792. The van der Waals surface area contributed by atoms with Crippen molar-refractivity contribution in [2.24, 2.45) is 0 Å². The number of alkyl halides is 3. The molecule has 3 aromatic heterocycles. The highest BCUT2D eigenvalue weighted by Gasteiger charge is 2.37. The number of amides is 1. The van der Waals surface area contributed by atoms with Crippen LogP contribution in [0.3, 0.4) is 0 Å². The predicted molar refractivity (Wildman–Crippen MR) is 98.4 cm³/mol. The summed E-state index contributed by atoms with van der Waals surface area (Å²) in [5, 5.41) is 10.0. The van der Waals surface area contributed by atoms with Gasteiger partial charge in [-0.2, -0.15) is 23.1 Å². The number of rotatable bonds is 5. The molecule has 0 bridgehead atoms. The van der Waals surface area contributed by atoms with Gasteiger partial charge < -0.3 is 9.84 Å². The van der Waals surface area contributed by atoms with Crippen molar-refractivity contribution < 1.29 is 22.5 Å². The summed E-state index contributed by atoms with van der Waals surface area (Å²) in [5.41, 5.74) is 1.32. The fraction of sp³-hybridized carbons (Fsp3) is 0.556. The third kappa shape index (κ3) is 4.57. The molecule has 12 heteroatoms. The minimum atomic E-state index is -4.66. The van der Waals surface area contributed by atoms with E-state index in [0.717, 1.165) is 4.52 Å². The molecule has 0 saturated heterocycles. The number of fused-ring (bicyclic) bond motifs is 1. The Morgan fingerprint density at radius 1 is 1.13 bits per heavy atom. The van der Waals surface area contributed by atoms with Crippen molar-refractivity contribution in [1.29, 1.82) is 0 Å². The van der Waals surface area contributed by atoms with E-state index in [-0.39, 0.29) is 36.5 Å². The fourth-order valence-corrected chi connectivity index (χ4v) is 2.83. The van der Waals surface area contributed by atoms with Crippen LogP contribution in [0.5, 0.6) is 0 Å². The van der Waals surface area contributed by atoms with E-state index in [1.165, 1.54) is 0 Å². The van der Waals surface area contributed by atoms with Crippen LogP contribution in [0.4, 0.5) is 13.2 Å². The molecule has 0 unspecified atom stereocenters. The van der Waals surface area contributed by atoms with Gasteiger partial charge in [0.1, 0.15) is 0 Å². The monoisotopic (exact) mass is 425 g/mol. The predicted octanol–water partition coefficient (Wildman–Crippen LogP) is 2.69. The summed E-state index contributed by atoms with van der Waals surface area (Å²) in [4.78, 5) is 24.0. The highest BCUT2D eigenvalue weighted by Crippen LogP contribution is 2.27. The lowest BCUT2D eigenvalue weighted by Crippen LogP contribution is -2.24. The zero-order chi connectivity index (χ0) is 22.3. The van der Waals surface area contributed by atoms with Gasteiger partial charge >= 0.3 is 6.18 Å². The molecule has 30 heavy (non-hydrogen) atoms. The lowest BCUT2D eigenvalue weighted by atomic mass is 9.97. The molecule has 0 radical (unpaired) electrons. The van der Waals surface area contributed by atoms with Crippen molar-refractivity contribution in [1.82, 2.24) is 35.0 Å². The van der Waals surface area contributed by atoms with Crippen molar-refractivity contribution in [3.05, 3.63) is 34.5 Å². The van der Waals surface area contributed by atoms with Crippen molar-refractivity contribution >= 4 is 11.7 Å². The highest BCUT2D eigenvalue weighted by molar-refractivity contribution is 5.76. The second kappa shape index (κ2) is 7.65. The maximum Gasteiger partial charge on any atom is 0.453 e. The Labute approximate surface area is 170 Å². The first-order valence-electron chi connectivity index (χ1n) is 9.26. The minimum Gasteiger partial charge on any atom is -0.349 e. The molecule has 9 nitrogen and oxygen atoms in total. The number of aromatic nitrogens is 6. The molecule has 3 rings (SSSR count). The Bertz CT molecular complexity index is 1080. The molecule has 162 valence electrons. The van der Waals surface area contributed by atoms with Crippen LogP contribution < -0.4 is 5.32 Å². The van der Waals surface area contributed by atoms with Gasteiger partial charge in [0.05, 0.1) is 6.54 Å². The molecule has 0 spiro atoms. The third-order valence-corrected chi connectivity index (χ3v) is 4.46. The van der Waals surface area contributed by atoms with Crippen molar-refractivity contribution in [2.45, 2.75) is 65.6 Å². The molecule has 0 aromatic carbocycles. The van der Waals surface area contributed by atoms with E-state index >= 15 is 0 Å². The van der Waals surface area contributed by atoms with E-state index < -0.39 is 12.0 Å². The molecular formula is C18H22F3N7O2. The van der Waals surface area contributed by atoms with Gasteiger partial charge in [-0.3, -0.25) is 4.79 Å². The number of hydrogen-bond acceptors (Lipinski definition) is 7. The molecule has 0 aliphatic rings. The summed E-state index contributed by atoms with van der Waals surface area (Å²) < 4.78 is 44.8. The third-order valence-electron chi connectivity index (χ3n) is 4.46. The maximum absolute atomic E-state index is 12.9. The fourth-order valence-electron chi connectivity index (χ4n) is 2.83. The average Bonchev–Trinajstić information content (AvgIpc) is 3.26. The minimum absolute atomic E-state index is 0.111. The van der Waals surface area contributed by atoms with E-state index in [4.69, 9.17) is 4.52 Å². The molecule has 0 atom stereocenters. The van der Waals surface area contributed by atoms with Gasteiger partial charge in [-0.25, -0.2) is 9.50 Å². The Kier molecular flexibility index (Phi) is 5.52. The van der Waals surface area contributed by atoms with Crippen LogP contribution in [-0.2, 0) is 29.4 Å². The summed E-state index contributed by atoms with van der Waals surface area (Å²) in [6.07, 6.45) is -4.26. The van der Waals surface area contributed by atoms with Gasteiger partial charge in [0, 0.05) is 23.2 Å². The van der Waals surface area contributed by atoms with E-state index in [2.05, 4.69) is 30.5 Å². The molecule has 0 saturated carbocycles. The summed E-state index contributed by atoms with van der Waals surface area (Å²) >= 11 is 0. The van der Waals surface area contributed by atoms with Crippen LogP contribution in [-0.4, -0.2) is 35.6 Å². The van der Waals surface area contributed by atoms with Crippen molar-refractivity contribution in [3.8, 4) is 0 Å². The molecule has 0 aliphatic heterocycles. The number of carbonyl (C=O) groups is 1. The Balaban J connectivity index is 1.66. The lowest BCUT2D eigenvalue weighted by molar-refractivity contribution is -0.144. The van der Waals surface area contributed by atoms with Gasteiger partial charge in [0.25, 0.3) is 11.6 Å². The van der Waals surface area contributed by atoms with Crippen molar-refractivity contribution in [2.75, 3.05) is 0 Å². The normalized spacial score (nSPS) is 12.5. The van der Waals surface area contributed by atoms with Crippen LogP contribution in [0.15, 0.2) is 4.52 Å². The van der Waals surface area contributed by atoms with Crippen molar-refractivity contribution in [3.63, 3.8) is 0 Å². The van der Waals surface area contributed by atoms with Gasteiger partial charge in [0.15, 0.2) is 5.82 Å². The quantitative estimate of drug-likeness (QED) is 0.669. The largest absolute Gasteiger partial charge is 0.453 e. The van der Waals surface area contributed by atoms with Gasteiger partial charge in [0.2, 0.25) is 11.8 Å². The lowest BCUT2D eigenvalue weighted by Gasteiger charge is -2.10. The van der Waals surface area contributed by atoms with Gasteiger partial charge in [-0.1, -0.05) is 25.9 Å². The first-order chi connectivity index (χ1) is 13.9. The smallest absolute Gasteiger partial charge is 0.349 e. The standard InChI is InChI=1S/C18H22F3N7O2/c1-9-11(10(2)28-16(23-9)25-14(26-28)18(19,20)21)6-7-13(29)22-8-12-24-15(30-27-12)17(3,4)5/h6-8H2,1-5H3,(H,22,29). The van der Waals surface area contributed by atoms with Crippen LogP contribution in [0.1, 0.15) is 61.7 Å². The van der Waals surface area contributed by atoms with E-state index in [0.29, 0.717) is 28.7 Å². The Morgan fingerprint density at radius 2 is 1.83 bits per heavy atom. The number of nitrogens with zero attached hydrogens (tertiary/aromatic N) is 6. The van der Waals surface area contributed by atoms with Crippen LogP contribution in [0.2, 0.25) is 0 Å². The SMILES string of the molecule is Cc1nc2nc(C(F)(F)F)nn2c(C)c1CCC(=O)NCc1noc(C(C)(C)C)n1. The average molecular weight is 425 g/mol. The first kappa shape index (κ1) is 21.7. The number of halogens is 3. The summed E-state index contributed by atoms with van der Waals surface area (Å²) in [6, 6.07) is 0. The van der Waals surface area contributed by atoms with Gasteiger partial charge in [-0.15, -0.1) is 5.10 Å². The topological polar surface area (TPSA) is 111 Å². The number of aryl methyl sites for hydroxylation is 2. The molecule has 1 amide bonds. The first-order valence-corrected chi connectivity index (χ1v) is 9.26. The summed E-state index contributed by atoms with van der Waals surface area (Å²) in [6.45, 7) is 9.21. The molecule has 3 aromatic rings. The van der Waals surface area contributed by atoms with Gasteiger partial charge in [-0.05, 0) is 25.8 Å². The van der Waals surface area contributed by atoms with Crippen LogP contribution >= 0.6 is 0 Å². The molecule has 3 heterocycles. The Morgan fingerprint density at radius 3 is 2.43 bits per heavy atom. The number of nitrogens with one attached hydrogen (secondary N) is 1. The number of hydrogen-bond donors (Lipinski definition) is 1. The zero-order valence-electron chi connectivity index (χ0n) is 17.3. The van der Waals surface area contributed by atoms with E-state index in [1.54, 1.807) is 13.8 Å². The Hall–Kier alpha value is -3.05. The van der Waals surface area contributed by atoms with Crippen LogP contribution in [0, 0.1) is 13.8 Å². The second-order valence-corrected chi connectivity index (χ2v) is 7.95. The van der Waals surface area contributed by atoms with E-state index in [1.807, 2.05) is 20.8 Å². The maximum atomic E-state index is 12.9. The molecular weight excluding hydrogens is 403 g/mol. The van der Waals surface area contributed by atoms with E-state index in [9.17, 15) is 18.0 Å². The molecule has 0 aliphatic carbocycles. The zero-order valence-corrected chi connectivity index (χ0v) is 17.3. The second-order valence-electron chi connectivity index (χ2n) is 7.95. The molecule has 0 fully saturated rings. The summed E-state index contributed by atoms with van der Waals surface area (Å²) in [7, 11) is 0. The molecule has 1 N–H and O–H groups in total.